The smallest absolute Gasteiger partial charge is 0.258 e. The SMILES string of the molecule is O=Cc1cc(=O)[nH]s1. The van der Waals surface area contributed by atoms with E-state index in [-0.39, 0.29) is 5.56 Å². The zero-order valence-electron chi connectivity index (χ0n) is 3.88. The average molecular weight is 129 g/mol. The number of rotatable bonds is 1. The van der Waals surface area contributed by atoms with E-state index in [0.29, 0.717) is 11.2 Å². The van der Waals surface area contributed by atoms with Crippen molar-refractivity contribution in [1.82, 2.24) is 4.37 Å². The Bertz CT molecular complexity index is 236. The molecule has 4 heteroatoms. The Balaban J connectivity index is 3.18. The highest BCUT2D eigenvalue weighted by molar-refractivity contribution is 7.07. The van der Waals surface area contributed by atoms with Crippen molar-refractivity contribution in [3.8, 4) is 0 Å². The third kappa shape index (κ3) is 0.840. The van der Waals surface area contributed by atoms with E-state index in [1.165, 1.54) is 6.07 Å². The van der Waals surface area contributed by atoms with Gasteiger partial charge in [-0.3, -0.25) is 14.0 Å². The third-order valence-electron chi connectivity index (χ3n) is 0.659. The molecule has 1 aromatic heterocycles. The summed E-state index contributed by atoms with van der Waals surface area (Å²) >= 11 is 1.04. The van der Waals surface area contributed by atoms with Crippen LogP contribution in [0, 0.1) is 0 Å². The number of carbonyl (C=O) groups is 1. The Morgan fingerprint density at radius 3 is 2.75 bits per heavy atom. The second kappa shape index (κ2) is 1.92. The number of hydrogen-bond acceptors (Lipinski definition) is 3. The lowest BCUT2D eigenvalue weighted by Gasteiger charge is -1.63. The standard InChI is InChI=1S/C4H3NO2S/c6-2-3-1-4(7)5-8-3/h1-2H,(H,5,7). The lowest BCUT2D eigenvalue weighted by atomic mass is 10.5. The van der Waals surface area contributed by atoms with E-state index in [0.717, 1.165) is 11.5 Å². The van der Waals surface area contributed by atoms with Gasteiger partial charge < -0.3 is 0 Å². The minimum absolute atomic E-state index is 0.211. The van der Waals surface area contributed by atoms with Gasteiger partial charge in [-0.05, 0) is 0 Å². The molecule has 0 atom stereocenters. The lowest BCUT2D eigenvalue weighted by Crippen LogP contribution is -1.92. The van der Waals surface area contributed by atoms with Gasteiger partial charge >= 0.3 is 0 Å². The molecule has 0 aliphatic rings. The number of hydrogen-bond donors (Lipinski definition) is 1. The van der Waals surface area contributed by atoms with Crippen molar-refractivity contribution in [2.24, 2.45) is 0 Å². The van der Waals surface area contributed by atoms with E-state index in [4.69, 9.17) is 0 Å². The highest BCUT2D eigenvalue weighted by Gasteiger charge is 1.90. The van der Waals surface area contributed by atoms with Crippen LogP contribution in [0.25, 0.3) is 0 Å². The molecule has 0 unspecified atom stereocenters. The van der Waals surface area contributed by atoms with Crippen LogP contribution in [-0.2, 0) is 0 Å². The van der Waals surface area contributed by atoms with Crippen molar-refractivity contribution in [2.75, 3.05) is 0 Å². The molecule has 0 amide bonds. The molecule has 0 fully saturated rings. The molecule has 0 saturated carbocycles. The van der Waals surface area contributed by atoms with Crippen LogP contribution in [0.15, 0.2) is 10.9 Å². The molecular formula is C4H3NO2S. The van der Waals surface area contributed by atoms with Crippen LogP contribution in [0.5, 0.6) is 0 Å². The fourth-order valence-corrected chi connectivity index (χ4v) is 0.847. The van der Waals surface area contributed by atoms with E-state index in [1.807, 2.05) is 0 Å². The van der Waals surface area contributed by atoms with Crippen LogP contribution < -0.4 is 5.56 Å². The van der Waals surface area contributed by atoms with Crippen LogP contribution >= 0.6 is 11.5 Å². The molecule has 8 heavy (non-hydrogen) atoms. The number of H-pyrrole nitrogens is 1. The molecule has 0 radical (unpaired) electrons. The summed E-state index contributed by atoms with van der Waals surface area (Å²) in [6, 6.07) is 1.26. The zero-order chi connectivity index (χ0) is 5.98. The van der Waals surface area contributed by atoms with Gasteiger partial charge in [0.2, 0.25) is 0 Å². The fourth-order valence-electron chi connectivity index (χ4n) is 0.355. The molecule has 1 heterocycles. The number of nitrogens with one attached hydrogen (secondary N) is 1. The number of aldehydes is 1. The van der Waals surface area contributed by atoms with E-state index in [1.54, 1.807) is 0 Å². The Hall–Kier alpha value is -0.900. The maximum absolute atomic E-state index is 10.2. The summed E-state index contributed by atoms with van der Waals surface area (Å²) in [6.07, 6.45) is 0.641. The van der Waals surface area contributed by atoms with Crippen molar-refractivity contribution in [3.05, 3.63) is 21.3 Å². The van der Waals surface area contributed by atoms with Gasteiger partial charge in [-0.2, -0.15) is 0 Å². The summed E-state index contributed by atoms with van der Waals surface area (Å²) in [6.45, 7) is 0. The Morgan fingerprint density at radius 1 is 1.75 bits per heavy atom. The number of carbonyl (C=O) groups excluding carboxylic acids is 1. The van der Waals surface area contributed by atoms with Crippen LogP contribution in [0.2, 0.25) is 0 Å². The van der Waals surface area contributed by atoms with Gasteiger partial charge in [-0.25, -0.2) is 0 Å². The average Bonchev–Trinajstić information content (AvgIpc) is 2.14. The highest BCUT2D eigenvalue weighted by atomic mass is 32.1. The molecule has 42 valence electrons. The molecule has 1 aromatic rings. The van der Waals surface area contributed by atoms with Gasteiger partial charge in [0.05, 0.1) is 4.88 Å². The number of aromatic nitrogens is 1. The predicted octanol–water partition coefficient (Wildman–Crippen LogP) is 0.249. The van der Waals surface area contributed by atoms with E-state index >= 15 is 0 Å². The quantitative estimate of drug-likeness (QED) is 0.552. The highest BCUT2D eigenvalue weighted by Crippen LogP contribution is 1.93. The minimum atomic E-state index is -0.211. The van der Waals surface area contributed by atoms with Gasteiger partial charge in [0.25, 0.3) is 5.56 Å². The van der Waals surface area contributed by atoms with E-state index < -0.39 is 0 Å². The summed E-state index contributed by atoms with van der Waals surface area (Å²) in [7, 11) is 0. The summed E-state index contributed by atoms with van der Waals surface area (Å²) in [5.41, 5.74) is -0.211. The summed E-state index contributed by atoms with van der Waals surface area (Å²) in [5, 5.41) is 0. The van der Waals surface area contributed by atoms with Crippen molar-refractivity contribution in [3.63, 3.8) is 0 Å². The van der Waals surface area contributed by atoms with Crippen molar-refractivity contribution in [2.45, 2.75) is 0 Å². The second-order valence-electron chi connectivity index (χ2n) is 1.23. The zero-order valence-corrected chi connectivity index (χ0v) is 4.70. The molecule has 0 aliphatic carbocycles. The summed E-state index contributed by atoms with van der Waals surface area (Å²) in [5.74, 6) is 0. The first kappa shape index (κ1) is 5.24. The fraction of sp³-hybridized carbons (Fsp3) is 0. The first-order valence-electron chi connectivity index (χ1n) is 1.96. The molecule has 0 bridgehead atoms. The van der Waals surface area contributed by atoms with Crippen LogP contribution in [0.4, 0.5) is 0 Å². The van der Waals surface area contributed by atoms with Crippen LogP contribution in [0.3, 0.4) is 0 Å². The first-order valence-corrected chi connectivity index (χ1v) is 2.78. The Kier molecular flexibility index (Phi) is 1.26. The summed E-state index contributed by atoms with van der Waals surface area (Å²) < 4.78 is 2.37. The van der Waals surface area contributed by atoms with Crippen molar-refractivity contribution in [1.29, 1.82) is 0 Å². The molecule has 0 aliphatic heterocycles. The maximum atomic E-state index is 10.2. The second-order valence-corrected chi connectivity index (χ2v) is 2.11. The molecule has 1 N–H and O–H groups in total. The van der Waals surface area contributed by atoms with Crippen molar-refractivity contribution >= 4 is 17.8 Å². The van der Waals surface area contributed by atoms with Crippen molar-refractivity contribution < 1.29 is 4.79 Å². The molecular weight excluding hydrogens is 126 g/mol. The van der Waals surface area contributed by atoms with Gasteiger partial charge in [-0.1, -0.05) is 11.5 Å². The molecule has 0 aromatic carbocycles. The monoisotopic (exact) mass is 129 g/mol. The van der Waals surface area contributed by atoms with Gasteiger partial charge in [0, 0.05) is 6.07 Å². The molecule has 0 saturated heterocycles. The minimum Gasteiger partial charge on any atom is -0.297 e. The first-order chi connectivity index (χ1) is 3.83. The topological polar surface area (TPSA) is 49.9 Å². The van der Waals surface area contributed by atoms with Gasteiger partial charge in [-0.15, -0.1) is 0 Å². The Morgan fingerprint density at radius 2 is 2.50 bits per heavy atom. The van der Waals surface area contributed by atoms with Crippen LogP contribution in [-0.4, -0.2) is 10.7 Å². The molecule has 0 spiro atoms. The largest absolute Gasteiger partial charge is 0.297 e. The molecule has 1 rings (SSSR count). The summed E-state index contributed by atoms with van der Waals surface area (Å²) in [4.78, 5) is 20.6. The maximum Gasteiger partial charge on any atom is 0.258 e. The van der Waals surface area contributed by atoms with Gasteiger partial charge in [0.15, 0.2) is 6.29 Å². The van der Waals surface area contributed by atoms with E-state index in [9.17, 15) is 9.59 Å². The van der Waals surface area contributed by atoms with Crippen LogP contribution in [0.1, 0.15) is 9.67 Å². The third-order valence-corrected chi connectivity index (χ3v) is 1.41. The van der Waals surface area contributed by atoms with E-state index in [2.05, 4.69) is 4.37 Å². The predicted molar refractivity (Wildman–Crippen MR) is 30.3 cm³/mol. The lowest BCUT2D eigenvalue weighted by molar-refractivity contribution is 0.112. The number of aromatic amines is 1. The normalized spacial score (nSPS) is 9.00. The van der Waals surface area contributed by atoms with Gasteiger partial charge in [0.1, 0.15) is 0 Å². The Labute approximate surface area is 49.1 Å². The molecule has 3 nitrogen and oxygen atoms in total.